The Bertz CT molecular complexity index is 1430. The molecule has 2 atom stereocenters. The molecule has 1 saturated heterocycles. The quantitative estimate of drug-likeness (QED) is 0.216. The lowest BCUT2D eigenvalue weighted by atomic mass is 9.86. The molecule has 34 heavy (non-hydrogen) atoms. The standard InChI is InChI=1S/C24H15BrFN3O5/c1-12-8-9-15(11-17(12)26)27-20(13-4-2-5-14(25)10-13)21(24(27)32)28-22(30)16-6-3-7-18(29(33)34)19(16)23(28)31/h2-11,20-21H,1H3/t20-,21-/m0/s1. The van der Waals surface area contributed by atoms with Crippen molar-refractivity contribution in [3.8, 4) is 0 Å². The molecule has 2 heterocycles. The first-order valence-electron chi connectivity index (χ1n) is 10.2. The summed E-state index contributed by atoms with van der Waals surface area (Å²) in [7, 11) is 0. The molecule has 0 unspecified atom stereocenters. The van der Waals surface area contributed by atoms with Crippen LogP contribution in [-0.2, 0) is 4.79 Å². The van der Waals surface area contributed by atoms with Crippen LogP contribution >= 0.6 is 15.9 Å². The number of imide groups is 1. The predicted octanol–water partition coefficient (Wildman–Crippen LogP) is 4.56. The Morgan fingerprint density at radius 3 is 2.35 bits per heavy atom. The van der Waals surface area contributed by atoms with E-state index in [0.29, 0.717) is 15.6 Å². The molecule has 3 amide bonds. The second-order valence-electron chi connectivity index (χ2n) is 8.02. The van der Waals surface area contributed by atoms with Gasteiger partial charge < -0.3 is 4.90 Å². The highest BCUT2D eigenvalue weighted by atomic mass is 79.9. The molecule has 3 aromatic carbocycles. The van der Waals surface area contributed by atoms with Crippen molar-refractivity contribution in [2.45, 2.75) is 19.0 Å². The highest BCUT2D eigenvalue weighted by Crippen LogP contribution is 2.45. The number of amides is 3. The number of hydrogen-bond donors (Lipinski definition) is 0. The zero-order chi connectivity index (χ0) is 24.3. The molecule has 1 fully saturated rings. The fraction of sp³-hybridized carbons (Fsp3) is 0.125. The minimum atomic E-state index is -1.24. The summed E-state index contributed by atoms with van der Waals surface area (Å²) < 4.78 is 15.0. The van der Waals surface area contributed by atoms with E-state index in [9.17, 15) is 28.9 Å². The highest BCUT2D eigenvalue weighted by molar-refractivity contribution is 9.10. The first kappa shape index (κ1) is 21.9. The second-order valence-corrected chi connectivity index (χ2v) is 8.94. The van der Waals surface area contributed by atoms with Crippen molar-refractivity contribution in [1.82, 2.24) is 4.90 Å². The number of hydrogen-bond acceptors (Lipinski definition) is 5. The van der Waals surface area contributed by atoms with Crippen LogP contribution in [0.2, 0.25) is 0 Å². The lowest BCUT2D eigenvalue weighted by Crippen LogP contribution is -2.67. The van der Waals surface area contributed by atoms with Gasteiger partial charge in [-0.2, -0.15) is 0 Å². The number of nitro groups is 1. The molecule has 3 aromatic rings. The lowest BCUT2D eigenvalue weighted by molar-refractivity contribution is -0.385. The molecule has 0 spiro atoms. The third-order valence-electron chi connectivity index (χ3n) is 6.09. The minimum absolute atomic E-state index is 0.125. The summed E-state index contributed by atoms with van der Waals surface area (Å²) in [6.07, 6.45) is 0. The van der Waals surface area contributed by atoms with E-state index in [0.717, 1.165) is 11.0 Å². The third kappa shape index (κ3) is 3.13. The third-order valence-corrected chi connectivity index (χ3v) is 6.58. The second kappa shape index (κ2) is 7.84. The van der Waals surface area contributed by atoms with Gasteiger partial charge in [-0.3, -0.25) is 29.4 Å². The molecule has 0 radical (unpaired) electrons. The Hall–Kier alpha value is -3.92. The van der Waals surface area contributed by atoms with Crippen molar-refractivity contribution >= 4 is 45.0 Å². The number of nitro benzene ring substituents is 1. The number of nitrogens with zero attached hydrogens (tertiary/aromatic N) is 3. The fourth-order valence-electron chi connectivity index (χ4n) is 4.46. The number of halogens is 2. The van der Waals surface area contributed by atoms with E-state index in [2.05, 4.69) is 15.9 Å². The summed E-state index contributed by atoms with van der Waals surface area (Å²) in [4.78, 5) is 52.7. The molecular weight excluding hydrogens is 509 g/mol. The maximum absolute atomic E-state index is 14.3. The number of β-lactam (4-membered cyclic amide) rings is 1. The first-order chi connectivity index (χ1) is 16.2. The average Bonchev–Trinajstić information content (AvgIpc) is 3.05. The van der Waals surface area contributed by atoms with Crippen LogP contribution in [0.3, 0.4) is 0 Å². The van der Waals surface area contributed by atoms with Crippen LogP contribution in [0.1, 0.15) is 37.9 Å². The van der Waals surface area contributed by atoms with Crippen LogP contribution in [0, 0.1) is 22.9 Å². The Balaban J connectivity index is 1.62. The number of fused-ring (bicyclic) bond motifs is 1. The molecule has 8 nitrogen and oxygen atoms in total. The molecule has 0 saturated carbocycles. The van der Waals surface area contributed by atoms with Crippen LogP contribution in [0.5, 0.6) is 0 Å². The molecule has 2 aliphatic rings. The normalized spacial score (nSPS) is 19.3. The van der Waals surface area contributed by atoms with Gasteiger partial charge in [0.1, 0.15) is 17.4 Å². The van der Waals surface area contributed by atoms with E-state index in [1.54, 1.807) is 37.3 Å². The van der Waals surface area contributed by atoms with E-state index in [-0.39, 0.29) is 16.8 Å². The van der Waals surface area contributed by atoms with Crippen molar-refractivity contribution in [1.29, 1.82) is 0 Å². The van der Waals surface area contributed by atoms with E-state index >= 15 is 0 Å². The Labute approximate surface area is 200 Å². The van der Waals surface area contributed by atoms with Gasteiger partial charge in [0.15, 0.2) is 0 Å². The van der Waals surface area contributed by atoms with E-state index in [1.165, 1.54) is 29.2 Å². The number of anilines is 1. The van der Waals surface area contributed by atoms with E-state index in [4.69, 9.17) is 0 Å². The van der Waals surface area contributed by atoms with Crippen LogP contribution < -0.4 is 4.90 Å². The molecule has 0 aliphatic carbocycles. The number of carbonyl (C=O) groups excluding carboxylic acids is 3. The van der Waals surface area contributed by atoms with Gasteiger partial charge in [0, 0.05) is 16.2 Å². The molecule has 10 heteroatoms. The Kier molecular flexibility index (Phi) is 5.05. The van der Waals surface area contributed by atoms with Crippen molar-refractivity contribution in [2.24, 2.45) is 0 Å². The van der Waals surface area contributed by atoms with Crippen molar-refractivity contribution in [3.05, 3.63) is 103 Å². The SMILES string of the molecule is Cc1ccc(N2C(=O)[C@@H](N3C(=O)c4cccc([N+](=O)[O-])c4C3=O)[C@@H]2c2cccc(Br)c2)cc1F. The molecule has 0 aromatic heterocycles. The number of aryl methyl sites for hydroxylation is 1. The molecule has 5 rings (SSSR count). The lowest BCUT2D eigenvalue weighted by Gasteiger charge is -2.49. The van der Waals surface area contributed by atoms with Gasteiger partial charge >= 0.3 is 0 Å². The van der Waals surface area contributed by atoms with Gasteiger partial charge in [-0.25, -0.2) is 4.39 Å². The summed E-state index contributed by atoms with van der Waals surface area (Å²) in [5.74, 6) is -2.78. The number of rotatable bonds is 4. The summed E-state index contributed by atoms with van der Waals surface area (Å²) in [5, 5.41) is 11.5. The summed E-state index contributed by atoms with van der Waals surface area (Å²) in [6, 6.07) is 13.1. The molecule has 0 bridgehead atoms. The zero-order valence-electron chi connectivity index (χ0n) is 17.6. The van der Waals surface area contributed by atoms with Crippen LogP contribution in [0.4, 0.5) is 15.8 Å². The maximum atomic E-state index is 14.3. The van der Waals surface area contributed by atoms with Gasteiger partial charge in [0.2, 0.25) is 0 Å². The fourth-order valence-corrected chi connectivity index (χ4v) is 4.87. The van der Waals surface area contributed by atoms with Gasteiger partial charge in [0.25, 0.3) is 23.4 Å². The van der Waals surface area contributed by atoms with E-state index in [1.807, 2.05) is 0 Å². The van der Waals surface area contributed by atoms with Gasteiger partial charge in [0.05, 0.1) is 16.5 Å². The largest absolute Gasteiger partial charge is 0.300 e. The van der Waals surface area contributed by atoms with Crippen LogP contribution in [0.15, 0.2) is 65.1 Å². The zero-order valence-corrected chi connectivity index (χ0v) is 19.2. The Morgan fingerprint density at radius 1 is 0.941 bits per heavy atom. The highest BCUT2D eigenvalue weighted by Gasteiger charge is 2.58. The van der Waals surface area contributed by atoms with Gasteiger partial charge in [-0.05, 0) is 48.4 Å². The topological polar surface area (TPSA) is 101 Å². The van der Waals surface area contributed by atoms with E-state index < -0.39 is 46.2 Å². The number of benzene rings is 3. The first-order valence-corrected chi connectivity index (χ1v) is 11.0. The summed E-state index contributed by atoms with van der Waals surface area (Å²) >= 11 is 3.39. The number of carbonyl (C=O) groups is 3. The molecule has 170 valence electrons. The summed E-state index contributed by atoms with van der Waals surface area (Å²) in [5.41, 5.74) is 0.322. The van der Waals surface area contributed by atoms with Gasteiger partial charge in [-0.15, -0.1) is 0 Å². The van der Waals surface area contributed by atoms with Crippen LogP contribution in [-0.4, -0.2) is 33.6 Å². The molecule has 2 aliphatic heterocycles. The summed E-state index contributed by atoms with van der Waals surface area (Å²) in [6.45, 7) is 1.59. The molecular formula is C24H15BrFN3O5. The molecule has 0 N–H and O–H groups in total. The van der Waals surface area contributed by atoms with Crippen molar-refractivity contribution in [2.75, 3.05) is 4.90 Å². The minimum Gasteiger partial charge on any atom is -0.300 e. The van der Waals surface area contributed by atoms with Crippen LogP contribution in [0.25, 0.3) is 0 Å². The van der Waals surface area contributed by atoms with Gasteiger partial charge in [-0.1, -0.05) is 40.2 Å². The van der Waals surface area contributed by atoms with Crippen molar-refractivity contribution in [3.63, 3.8) is 0 Å². The smallest absolute Gasteiger partial charge is 0.282 e. The van der Waals surface area contributed by atoms with Crippen molar-refractivity contribution < 1.29 is 23.7 Å². The average molecular weight is 524 g/mol. The predicted molar refractivity (Wildman–Crippen MR) is 123 cm³/mol. The maximum Gasteiger partial charge on any atom is 0.282 e. The monoisotopic (exact) mass is 523 g/mol. The Morgan fingerprint density at radius 2 is 1.68 bits per heavy atom.